The van der Waals surface area contributed by atoms with Crippen molar-refractivity contribution in [2.75, 3.05) is 42.7 Å². The van der Waals surface area contributed by atoms with E-state index in [-0.39, 0.29) is 5.54 Å². The Morgan fingerprint density at radius 3 is 0.860 bits per heavy atom. The molecule has 0 spiro atoms. The van der Waals surface area contributed by atoms with Crippen LogP contribution in [-0.4, -0.2) is 50.7 Å². The maximum Gasteiger partial charge on any atom is 0.174 e. The first kappa shape index (κ1) is 32.1. The lowest BCUT2D eigenvalue weighted by Gasteiger charge is -2.45. The van der Waals surface area contributed by atoms with Gasteiger partial charge in [0.2, 0.25) is 0 Å². The molecule has 230 valence electrons. The molecule has 6 nitrogen and oxygen atoms in total. The zero-order valence-electron chi connectivity index (χ0n) is 28.0. The minimum absolute atomic E-state index is 0.00776. The highest BCUT2D eigenvalue weighted by atomic mass is 28.3. The predicted octanol–water partition coefficient (Wildman–Crippen LogP) is 6.19. The predicted molar refractivity (Wildman–Crippen MR) is 178 cm³/mol. The molecule has 0 saturated carbocycles. The van der Waals surface area contributed by atoms with Crippen LogP contribution in [0.15, 0.2) is 58.7 Å². The second kappa shape index (κ2) is 12.4. The molecule has 0 N–H and O–H groups in total. The van der Waals surface area contributed by atoms with E-state index >= 15 is 0 Å². The molecular weight excluding hydrogens is 556 g/mol. The van der Waals surface area contributed by atoms with Gasteiger partial charge in [-0.3, -0.25) is 0 Å². The van der Waals surface area contributed by atoms with Crippen LogP contribution in [-0.2, 0) is 0 Å². The van der Waals surface area contributed by atoms with E-state index < -0.39 is 8.07 Å². The molecule has 43 heavy (non-hydrogen) atoms. The maximum atomic E-state index is 6.30. The first-order valence-electron chi connectivity index (χ1n) is 14.5. The molecule has 0 unspecified atom stereocenters. The van der Waals surface area contributed by atoms with E-state index in [1.807, 2.05) is 36.4 Å². The van der Waals surface area contributed by atoms with Crippen molar-refractivity contribution in [3.8, 4) is 34.5 Å². The molecule has 0 amide bonds. The van der Waals surface area contributed by atoms with Gasteiger partial charge in [-0.15, -0.1) is 0 Å². The molecule has 3 aromatic carbocycles. The van der Waals surface area contributed by atoms with Gasteiger partial charge in [0.15, 0.2) is 8.07 Å². The molecule has 0 saturated heterocycles. The van der Waals surface area contributed by atoms with Crippen molar-refractivity contribution in [1.29, 1.82) is 0 Å². The Morgan fingerprint density at radius 2 is 0.628 bits per heavy atom. The fourth-order valence-corrected chi connectivity index (χ4v) is 14.7. The quantitative estimate of drug-likeness (QED) is 0.204. The number of methoxy groups -OCH3 is 6. The molecular formula is C36H46O6Si. The van der Waals surface area contributed by atoms with E-state index in [0.29, 0.717) is 0 Å². The van der Waals surface area contributed by atoms with Crippen molar-refractivity contribution >= 4 is 23.6 Å². The Bertz CT molecular complexity index is 1440. The van der Waals surface area contributed by atoms with Crippen LogP contribution in [0.4, 0.5) is 0 Å². The molecule has 0 heterocycles. The molecule has 0 bridgehead atoms. The van der Waals surface area contributed by atoms with E-state index in [1.165, 1.54) is 22.3 Å². The molecule has 1 aliphatic rings. The van der Waals surface area contributed by atoms with Gasteiger partial charge in [0.25, 0.3) is 0 Å². The molecule has 0 radical (unpaired) electrons. The molecule has 0 fully saturated rings. The first-order valence-corrected chi connectivity index (χ1v) is 16.6. The number of benzene rings is 3. The van der Waals surface area contributed by atoms with Crippen molar-refractivity contribution in [1.82, 2.24) is 0 Å². The summed E-state index contributed by atoms with van der Waals surface area (Å²) in [5.74, 6) is 4.76. The van der Waals surface area contributed by atoms with Crippen molar-refractivity contribution < 1.29 is 28.4 Å². The van der Waals surface area contributed by atoms with Crippen molar-refractivity contribution in [2.45, 2.75) is 54.0 Å². The molecule has 4 rings (SSSR count). The SMILES string of the molecule is COc1ccc(OC)c([Si](c2c(OC)ccc(OC)c2C)(c2c(OC)ccc(OC)c2C)C2C(C)=C(C)C(C)=C2C)c1C. The highest BCUT2D eigenvalue weighted by molar-refractivity contribution is 7.15. The lowest BCUT2D eigenvalue weighted by atomic mass is 10.1. The molecule has 0 aromatic heterocycles. The Morgan fingerprint density at radius 1 is 0.395 bits per heavy atom. The van der Waals surface area contributed by atoms with Crippen LogP contribution in [0.3, 0.4) is 0 Å². The van der Waals surface area contributed by atoms with Gasteiger partial charge in [0.1, 0.15) is 34.5 Å². The van der Waals surface area contributed by atoms with E-state index in [2.05, 4.69) is 48.5 Å². The normalized spacial score (nSPS) is 13.9. The Kier molecular flexibility index (Phi) is 9.26. The summed E-state index contributed by atoms with van der Waals surface area (Å²) in [5.41, 5.74) is 8.29. The Hall–Kier alpha value is -3.84. The average molecular weight is 603 g/mol. The maximum absolute atomic E-state index is 6.30. The summed E-state index contributed by atoms with van der Waals surface area (Å²) in [7, 11) is 6.98. The minimum atomic E-state index is -3.40. The van der Waals surface area contributed by atoms with E-state index in [4.69, 9.17) is 28.4 Å². The molecule has 0 atom stereocenters. The van der Waals surface area contributed by atoms with Gasteiger partial charge in [-0.1, -0.05) is 11.1 Å². The fraction of sp³-hybridized carbons (Fsp3) is 0.389. The molecule has 1 aliphatic carbocycles. The van der Waals surface area contributed by atoms with Crippen LogP contribution < -0.4 is 44.0 Å². The molecule has 0 aliphatic heterocycles. The van der Waals surface area contributed by atoms with Gasteiger partial charge in [-0.05, 0) is 128 Å². The molecule has 3 aromatic rings. The van der Waals surface area contributed by atoms with Crippen LogP contribution in [0, 0.1) is 20.8 Å². The van der Waals surface area contributed by atoms with E-state index in [0.717, 1.165) is 66.7 Å². The smallest absolute Gasteiger partial charge is 0.174 e. The van der Waals surface area contributed by atoms with Gasteiger partial charge >= 0.3 is 0 Å². The fourth-order valence-electron chi connectivity index (χ4n) is 7.45. The number of hydrogen-bond donors (Lipinski definition) is 0. The van der Waals surface area contributed by atoms with Gasteiger partial charge < -0.3 is 28.4 Å². The van der Waals surface area contributed by atoms with Crippen LogP contribution in [0.25, 0.3) is 0 Å². The van der Waals surface area contributed by atoms with Crippen molar-refractivity contribution in [2.24, 2.45) is 0 Å². The summed E-state index contributed by atoms with van der Waals surface area (Å²) < 4.78 is 36.9. The second-order valence-corrected chi connectivity index (χ2v) is 15.0. The highest BCUT2D eigenvalue weighted by Crippen LogP contribution is 2.50. The van der Waals surface area contributed by atoms with Crippen LogP contribution in [0.5, 0.6) is 34.5 Å². The number of rotatable bonds is 10. The summed E-state index contributed by atoms with van der Waals surface area (Å²) in [6.07, 6.45) is 0. The number of hydrogen-bond acceptors (Lipinski definition) is 6. The molecule has 7 heteroatoms. The topological polar surface area (TPSA) is 55.4 Å². The third-order valence-corrected chi connectivity index (χ3v) is 15.6. The van der Waals surface area contributed by atoms with Gasteiger partial charge in [-0.25, -0.2) is 0 Å². The summed E-state index contributed by atoms with van der Waals surface area (Å²) in [4.78, 5) is 0. The van der Waals surface area contributed by atoms with E-state index in [9.17, 15) is 0 Å². The lowest BCUT2D eigenvalue weighted by Crippen LogP contribution is -2.72. The van der Waals surface area contributed by atoms with E-state index in [1.54, 1.807) is 42.7 Å². The van der Waals surface area contributed by atoms with Gasteiger partial charge in [0.05, 0.1) is 42.7 Å². The van der Waals surface area contributed by atoms with Gasteiger partial charge in [-0.2, -0.15) is 0 Å². The largest absolute Gasteiger partial charge is 0.497 e. The number of ether oxygens (including phenoxy) is 6. The summed E-state index contributed by atoms with van der Waals surface area (Å²) in [6, 6.07) is 12.0. The number of allylic oxidation sites excluding steroid dienone is 4. The third kappa shape index (κ3) is 4.69. The van der Waals surface area contributed by atoms with Crippen molar-refractivity contribution in [3.05, 3.63) is 75.4 Å². The lowest BCUT2D eigenvalue weighted by molar-refractivity contribution is 0.401. The standard InChI is InChI=1S/C36H46O6Si/c1-20-21(2)23(4)33(22(20)3)43(34-24(5)27(37-8)14-17-30(34)40-11,35-25(6)28(38-9)15-18-31(35)41-12)36-26(7)29(39-10)16-19-32(36)42-13/h14-19,33H,1-13H3. The van der Waals surface area contributed by atoms with Crippen molar-refractivity contribution in [3.63, 3.8) is 0 Å². The average Bonchev–Trinajstić information content (AvgIpc) is 3.20. The summed E-state index contributed by atoms with van der Waals surface area (Å²) in [5, 5.41) is 3.31. The van der Waals surface area contributed by atoms with Gasteiger partial charge in [0, 0.05) is 5.54 Å². The summed E-state index contributed by atoms with van der Waals surface area (Å²) >= 11 is 0. The van der Waals surface area contributed by atoms with Crippen LogP contribution in [0.1, 0.15) is 44.4 Å². The first-order chi connectivity index (χ1) is 20.5. The monoisotopic (exact) mass is 602 g/mol. The van der Waals surface area contributed by atoms with Crippen LogP contribution in [0.2, 0.25) is 5.54 Å². The van der Waals surface area contributed by atoms with Crippen LogP contribution >= 0.6 is 0 Å². The minimum Gasteiger partial charge on any atom is -0.497 e. The Balaban J connectivity index is 2.53. The zero-order chi connectivity index (χ0) is 31.8. The summed E-state index contributed by atoms with van der Waals surface area (Å²) in [6.45, 7) is 15.4. The zero-order valence-corrected chi connectivity index (χ0v) is 29.0. The third-order valence-electron chi connectivity index (χ3n) is 9.68. The highest BCUT2D eigenvalue weighted by Gasteiger charge is 2.57. The second-order valence-electron chi connectivity index (χ2n) is 11.3. The Labute approximate surface area is 258 Å².